The molecule has 0 amide bonds. The fraction of sp³-hybridized carbons (Fsp3) is 0.600. The van der Waals surface area contributed by atoms with Crippen LogP contribution in [0.25, 0.3) is 0 Å². The Labute approximate surface area is 114 Å². The van der Waals surface area contributed by atoms with Gasteiger partial charge in [0.25, 0.3) is 0 Å². The van der Waals surface area contributed by atoms with Gasteiger partial charge >= 0.3 is 0 Å². The molecule has 0 spiro atoms. The summed E-state index contributed by atoms with van der Waals surface area (Å²) in [5, 5.41) is 3.67. The van der Waals surface area contributed by atoms with Crippen molar-refractivity contribution in [1.29, 1.82) is 0 Å². The van der Waals surface area contributed by atoms with Crippen LogP contribution in [0, 0.1) is 0 Å². The van der Waals surface area contributed by atoms with Crippen molar-refractivity contribution in [2.45, 2.75) is 58.5 Å². The molecule has 0 bridgehead atoms. The number of nitrogens with one attached hydrogen (secondary N) is 1. The molecule has 1 aromatic rings. The molecule has 2 heteroatoms. The van der Waals surface area contributed by atoms with Crippen LogP contribution >= 0.6 is 15.9 Å². The maximum atomic E-state index is 3.67. The van der Waals surface area contributed by atoms with Crippen LogP contribution in [0.1, 0.15) is 45.6 Å². The summed E-state index contributed by atoms with van der Waals surface area (Å²) in [7, 11) is 0. The van der Waals surface area contributed by atoms with Gasteiger partial charge in [-0.15, -0.1) is 0 Å². The van der Waals surface area contributed by atoms with Gasteiger partial charge in [-0.3, -0.25) is 0 Å². The van der Waals surface area contributed by atoms with E-state index in [2.05, 4.69) is 66.3 Å². The van der Waals surface area contributed by atoms with E-state index >= 15 is 0 Å². The van der Waals surface area contributed by atoms with Gasteiger partial charge in [0, 0.05) is 16.6 Å². The lowest BCUT2D eigenvalue weighted by atomic mass is 10.1. The van der Waals surface area contributed by atoms with Crippen molar-refractivity contribution in [3.63, 3.8) is 0 Å². The molecule has 2 unspecified atom stereocenters. The monoisotopic (exact) mass is 297 g/mol. The normalized spacial score (nSPS) is 14.6. The Morgan fingerprint density at radius 2 is 1.76 bits per heavy atom. The molecule has 0 aromatic heterocycles. The molecular formula is C15H24BrN. The summed E-state index contributed by atoms with van der Waals surface area (Å²) >= 11 is 3.46. The number of hydrogen-bond donors (Lipinski definition) is 1. The summed E-state index contributed by atoms with van der Waals surface area (Å²) in [5.41, 5.74) is 1.40. The standard InChI is InChI=1S/C15H24BrN/c1-4-5-6-12(2)17-13(3)11-14-7-9-15(16)10-8-14/h7-10,12-13,17H,4-6,11H2,1-3H3. The van der Waals surface area contributed by atoms with E-state index in [0.717, 1.165) is 10.9 Å². The van der Waals surface area contributed by atoms with E-state index in [4.69, 9.17) is 0 Å². The third kappa shape index (κ3) is 6.23. The van der Waals surface area contributed by atoms with Crippen LogP contribution in [0.2, 0.25) is 0 Å². The number of hydrogen-bond acceptors (Lipinski definition) is 1. The summed E-state index contributed by atoms with van der Waals surface area (Å²) in [4.78, 5) is 0. The lowest BCUT2D eigenvalue weighted by Crippen LogP contribution is -2.35. The third-order valence-corrected chi connectivity index (χ3v) is 3.54. The van der Waals surface area contributed by atoms with Gasteiger partial charge in [-0.1, -0.05) is 47.8 Å². The molecule has 1 nitrogen and oxygen atoms in total. The molecule has 0 aliphatic carbocycles. The van der Waals surface area contributed by atoms with E-state index in [1.54, 1.807) is 0 Å². The van der Waals surface area contributed by atoms with Crippen LogP contribution in [0.3, 0.4) is 0 Å². The van der Waals surface area contributed by atoms with E-state index in [0.29, 0.717) is 12.1 Å². The quantitative estimate of drug-likeness (QED) is 0.779. The zero-order valence-electron chi connectivity index (χ0n) is 11.2. The maximum Gasteiger partial charge on any atom is 0.0175 e. The first-order valence-corrected chi connectivity index (χ1v) is 7.41. The van der Waals surface area contributed by atoms with E-state index in [9.17, 15) is 0 Å². The first-order chi connectivity index (χ1) is 8.11. The molecular weight excluding hydrogens is 274 g/mol. The first kappa shape index (κ1) is 14.7. The third-order valence-electron chi connectivity index (χ3n) is 3.01. The lowest BCUT2D eigenvalue weighted by Gasteiger charge is -2.20. The van der Waals surface area contributed by atoms with Gasteiger partial charge in [0.05, 0.1) is 0 Å². The van der Waals surface area contributed by atoms with Gasteiger partial charge < -0.3 is 5.32 Å². The average molecular weight is 298 g/mol. The second-order valence-electron chi connectivity index (χ2n) is 4.94. The molecule has 0 aliphatic rings. The second kappa shape index (κ2) is 7.88. The molecule has 96 valence electrons. The maximum absolute atomic E-state index is 3.67. The molecule has 0 saturated carbocycles. The molecule has 1 aromatic carbocycles. The van der Waals surface area contributed by atoms with Crippen molar-refractivity contribution < 1.29 is 0 Å². The molecule has 0 aliphatic heterocycles. The van der Waals surface area contributed by atoms with Gasteiger partial charge in [0.1, 0.15) is 0 Å². The van der Waals surface area contributed by atoms with Crippen molar-refractivity contribution in [1.82, 2.24) is 5.32 Å². The summed E-state index contributed by atoms with van der Waals surface area (Å²) in [5.74, 6) is 0. The first-order valence-electron chi connectivity index (χ1n) is 6.62. The zero-order chi connectivity index (χ0) is 12.7. The Morgan fingerprint density at radius 1 is 1.12 bits per heavy atom. The highest BCUT2D eigenvalue weighted by Gasteiger charge is 2.07. The number of halogens is 1. The van der Waals surface area contributed by atoms with Gasteiger partial charge in [-0.05, 0) is 44.4 Å². The lowest BCUT2D eigenvalue weighted by molar-refractivity contribution is 0.434. The van der Waals surface area contributed by atoms with Crippen molar-refractivity contribution in [2.75, 3.05) is 0 Å². The molecule has 1 N–H and O–H groups in total. The van der Waals surface area contributed by atoms with Crippen LogP contribution in [0.15, 0.2) is 28.7 Å². The fourth-order valence-electron chi connectivity index (χ4n) is 2.11. The van der Waals surface area contributed by atoms with Crippen LogP contribution in [-0.4, -0.2) is 12.1 Å². The number of unbranched alkanes of at least 4 members (excludes halogenated alkanes) is 1. The van der Waals surface area contributed by atoms with Crippen LogP contribution < -0.4 is 5.32 Å². The number of rotatable bonds is 7. The van der Waals surface area contributed by atoms with Crippen LogP contribution in [0.4, 0.5) is 0 Å². The highest BCUT2D eigenvalue weighted by atomic mass is 79.9. The van der Waals surface area contributed by atoms with Crippen molar-refractivity contribution in [3.05, 3.63) is 34.3 Å². The Bertz CT molecular complexity index is 307. The molecule has 0 fully saturated rings. The van der Waals surface area contributed by atoms with Gasteiger partial charge in [-0.2, -0.15) is 0 Å². The summed E-state index contributed by atoms with van der Waals surface area (Å²) in [6.45, 7) is 6.80. The van der Waals surface area contributed by atoms with Crippen LogP contribution in [0.5, 0.6) is 0 Å². The van der Waals surface area contributed by atoms with Crippen LogP contribution in [-0.2, 0) is 6.42 Å². The van der Waals surface area contributed by atoms with Gasteiger partial charge in [-0.25, -0.2) is 0 Å². The van der Waals surface area contributed by atoms with Crippen molar-refractivity contribution in [3.8, 4) is 0 Å². The predicted octanol–water partition coefficient (Wildman–Crippen LogP) is 4.55. The van der Waals surface area contributed by atoms with Gasteiger partial charge in [0.2, 0.25) is 0 Å². The summed E-state index contributed by atoms with van der Waals surface area (Å²) in [6.07, 6.45) is 4.98. The highest BCUT2D eigenvalue weighted by Crippen LogP contribution is 2.12. The Hall–Kier alpha value is -0.340. The molecule has 17 heavy (non-hydrogen) atoms. The topological polar surface area (TPSA) is 12.0 Å². The Kier molecular flexibility index (Phi) is 6.83. The molecule has 0 saturated heterocycles. The van der Waals surface area contributed by atoms with E-state index in [1.807, 2.05) is 0 Å². The Morgan fingerprint density at radius 3 is 2.35 bits per heavy atom. The second-order valence-corrected chi connectivity index (χ2v) is 5.86. The minimum Gasteiger partial charge on any atom is -0.311 e. The minimum atomic E-state index is 0.544. The van der Waals surface area contributed by atoms with E-state index in [-0.39, 0.29) is 0 Å². The summed E-state index contributed by atoms with van der Waals surface area (Å²) in [6, 6.07) is 9.78. The van der Waals surface area contributed by atoms with Gasteiger partial charge in [0.15, 0.2) is 0 Å². The average Bonchev–Trinajstić information content (AvgIpc) is 2.29. The number of benzene rings is 1. The molecule has 0 heterocycles. The fourth-order valence-corrected chi connectivity index (χ4v) is 2.38. The predicted molar refractivity (Wildman–Crippen MR) is 79.4 cm³/mol. The minimum absolute atomic E-state index is 0.544. The Balaban J connectivity index is 2.33. The van der Waals surface area contributed by atoms with E-state index < -0.39 is 0 Å². The molecule has 1 rings (SSSR count). The molecule has 0 radical (unpaired) electrons. The molecule has 2 atom stereocenters. The SMILES string of the molecule is CCCCC(C)NC(C)Cc1ccc(Br)cc1. The zero-order valence-corrected chi connectivity index (χ0v) is 12.8. The van der Waals surface area contributed by atoms with E-state index in [1.165, 1.54) is 24.8 Å². The van der Waals surface area contributed by atoms with Crippen molar-refractivity contribution in [2.24, 2.45) is 0 Å². The highest BCUT2D eigenvalue weighted by molar-refractivity contribution is 9.10. The summed E-state index contributed by atoms with van der Waals surface area (Å²) < 4.78 is 1.15. The largest absolute Gasteiger partial charge is 0.311 e. The smallest absolute Gasteiger partial charge is 0.0175 e. The van der Waals surface area contributed by atoms with Crippen molar-refractivity contribution >= 4 is 15.9 Å².